The minimum atomic E-state index is -4.53. The van der Waals surface area contributed by atoms with Gasteiger partial charge in [0.1, 0.15) is 0 Å². The topological polar surface area (TPSA) is 55.1 Å². The highest BCUT2D eigenvalue weighted by Gasteiger charge is 2.34. The van der Waals surface area contributed by atoms with Gasteiger partial charge < -0.3 is 11.1 Å². The first-order valence-corrected chi connectivity index (χ1v) is 5.50. The average molecular weight is 260 g/mol. The van der Waals surface area contributed by atoms with Crippen molar-refractivity contribution in [2.24, 2.45) is 11.7 Å². The summed E-state index contributed by atoms with van der Waals surface area (Å²) in [5.41, 5.74) is 4.07. The van der Waals surface area contributed by atoms with E-state index in [1.54, 1.807) is 6.92 Å². The summed E-state index contributed by atoms with van der Waals surface area (Å²) in [5.74, 6) is -0.713. The van der Waals surface area contributed by atoms with Crippen LogP contribution >= 0.6 is 0 Å². The van der Waals surface area contributed by atoms with Crippen LogP contribution in [0, 0.1) is 5.92 Å². The van der Waals surface area contributed by atoms with Crippen molar-refractivity contribution in [2.75, 3.05) is 13.1 Å². The molecule has 18 heavy (non-hydrogen) atoms. The van der Waals surface area contributed by atoms with Crippen LogP contribution in [-0.2, 0) is 6.18 Å². The summed E-state index contributed by atoms with van der Waals surface area (Å²) in [7, 11) is 0. The molecule has 0 spiro atoms. The molecule has 0 aromatic heterocycles. The summed E-state index contributed by atoms with van der Waals surface area (Å²) < 4.78 is 38.0. The maximum atomic E-state index is 12.7. The fraction of sp³-hybridized carbons (Fsp3) is 0.417. The number of carbonyl (C=O) groups excluding carboxylic acids is 1. The first-order chi connectivity index (χ1) is 8.36. The van der Waals surface area contributed by atoms with Crippen LogP contribution in [0.25, 0.3) is 0 Å². The molecule has 0 heterocycles. The van der Waals surface area contributed by atoms with Crippen LogP contribution in [0.3, 0.4) is 0 Å². The van der Waals surface area contributed by atoms with E-state index >= 15 is 0 Å². The predicted molar refractivity (Wildman–Crippen MR) is 62.0 cm³/mol. The Kier molecular flexibility index (Phi) is 4.72. The Morgan fingerprint density at radius 1 is 1.39 bits per heavy atom. The molecule has 1 atom stereocenters. The Hall–Kier alpha value is -1.56. The van der Waals surface area contributed by atoms with Crippen molar-refractivity contribution in [3.63, 3.8) is 0 Å². The van der Waals surface area contributed by atoms with E-state index in [4.69, 9.17) is 5.73 Å². The van der Waals surface area contributed by atoms with Gasteiger partial charge in [-0.15, -0.1) is 0 Å². The van der Waals surface area contributed by atoms with Crippen LogP contribution < -0.4 is 11.1 Å². The Morgan fingerprint density at radius 3 is 2.56 bits per heavy atom. The second-order valence-corrected chi connectivity index (χ2v) is 4.09. The summed E-state index contributed by atoms with van der Waals surface area (Å²) in [6, 6.07) is 4.70. The van der Waals surface area contributed by atoms with Crippen LogP contribution in [0.4, 0.5) is 13.2 Å². The van der Waals surface area contributed by atoms with E-state index in [-0.39, 0.29) is 18.0 Å². The zero-order valence-electron chi connectivity index (χ0n) is 9.92. The van der Waals surface area contributed by atoms with E-state index in [9.17, 15) is 18.0 Å². The van der Waals surface area contributed by atoms with Gasteiger partial charge in [0.15, 0.2) is 0 Å². The number of hydrogen-bond donors (Lipinski definition) is 2. The zero-order chi connectivity index (χ0) is 13.8. The number of hydrogen-bond acceptors (Lipinski definition) is 2. The van der Waals surface area contributed by atoms with Gasteiger partial charge in [0.05, 0.1) is 11.1 Å². The maximum absolute atomic E-state index is 12.7. The molecule has 0 aliphatic heterocycles. The van der Waals surface area contributed by atoms with Gasteiger partial charge in [-0.25, -0.2) is 0 Å². The highest BCUT2D eigenvalue weighted by molar-refractivity contribution is 5.95. The lowest BCUT2D eigenvalue weighted by Gasteiger charge is -2.14. The third kappa shape index (κ3) is 3.73. The molecule has 100 valence electrons. The number of nitrogens with one attached hydrogen (secondary N) is 1. The predicted octanol–water partition coefficient (Wildman–Crippen LogP) is 2.03. The number of benzene rings is 1. The first kappa shape index (κ1) is 14.5. The fourth-order valence-electron chi connectivity index (χ4n) is 1.37. The van der Waals surface area contributed by atoms with E-state index < -0.39 is 17.6 Å². The molecule has 0 aliphatic rings. The zero-order valence-corrected chi connectivity index (χ0v) is 9.92. The second-order valence-electron chi connectivity index (χ2n) is 4.09. The third-order valence-corrected chi connectivity index (χ3v) is 2.49. The van der Waals surface area contributed by atoms with Crippen molar-refractivity contribution in [1.29, 1.82) is 0 Å². The normalized spacial score (nSPS) is 13.2. The SMILES string of the molecule is CC(CN)CNC(=O)c1ccccc1C(F)(F)F. The van der Waals surface area contributed by atoms with Gasteiger partial charge in [-0.05, 0) is 24.6 Å². The van der Waals surface area contributed by atoms with E-state index in [0.29, 0.717) is 6.54 Å². The number of halogens is 3. The number of carbonyl (C=O) groups is 1. The van der Waals surface area contributed by atoms with Crippen molar-refractivity contribution in [2.45, 2.75) is 13.1 Å². The van der Waals surface area contributed by atoms with E-state index in [1.807, 2.05) is 0 Å². The van der Waals surface area contributed by atoms with Gasteiger partial charge in [0, 0.05) is 6.54 Å². The summed E-state index contributed by atoms with van der Waals surface area (Å²) in [4.78, 5) is 11.7. The Balaban J connectivity index is 2.86. The molecule has 1 aromatic carbocycles. The third-order valence-electron chi connectivity index (χ3n) is 2.49. The molecular formula is C12H15F3N2O. The van der Waals surface area contributed by atoms with Crippen LogP contribution in [0.15, 0.2) is 24.3 Å². The smallest absolute Gasteiger partial charge is 0.352 e. The highest BCUT2D eigenvalue weighted by atomic mass is 19.4. The van der Waals surface area contributed by atoms with Crippen LogP contribution in [0.1, 0.15) is 22.8 Å². The summed E-state index contributed by atoms with van der Waals surface area (Å²) in [6.07, 6.45) is -4.53. The van der Waals surface area contributed by atoms with Gasteiger partial charge in [-0.1, -0.05) is 19.1 Å². The molecule has 3 N–H and O–H groups in total. The maximum Gasteiger partial charge on any atom is 0.417 e. The molecule has 0 saturated heterocycles. The molecule has 1 amide bonds. The molecule has 0 aliphatic carbocycles. The van der Waals surface area contributed by atoms with Crippen molar-refractivity contribution in [1.82, 2.24) is 5.32 Å². The Labute approximate surface area is 103 Å². The number of alkyl halides is 3. The molecule has 3 nitrogen and oxygen atoms in total. The van der Waals surface area contributed by atoms with Gasteiger partial charge >= 0.3 is 6.18 Å². The molecular weight excluding hydrogens is 245 g/mol. The van der Waals surface area contributed by atoms with E-state index in [1.165, 1.54) is 12.1 Å². The van der Waals surface area contributed by atoms with Crippen molar-refractivity contribution in [3.8, 4) is 0 Å². The fourth-order valence-corrected chi connectivity index (χ4v) is 1.37. The molecule has 1 unspecified atom stereocenters. The lowest BCUT2D eigenvalue weighted by atomic mass is 10.1. The lowest BCUT2D eigenvalue weighted by Crippen LogP contribution is -2.32. The van der Waals surface area contributed by atoms with Gasteiger partial charge in [-0.2, -0.15) is 13.2 Å². The summed E-state index contributed by atoms with van der Waals surface area (Å²) >= 11 is 0. The Bertz CT molecular complexity index is 418. The van der Waals surface area contributed by atoms with Crippen molar-refractivity contribution in [3.05, 3.63) is 35.4 Å². The molecule has 1 rings (SSSR count). The lowest BCUT2D eigenvalue weighted by molar-refractivity contribution is -0.137. The minimum Gasteiger partial charge on any atom is -0.352 e. The quantitative estimate of drug-likeness (QED) is 0.870. The second kappa shape index (κ2) is 5.86. The largest absolute Gasteiger partial charge is 0.417 e. The standard InChI is InChI=1S/C12H15F3N2O/c1-8(6-16)7-17-11(18)9-4-2-3-5-10(9)12(13,14)15/h2-5,8H,6-7,16H2,1H3,(H,17,18). The Morgan fingerprint density at radius 2 is 2.00 bits per heavy atom. The molecule has 6 heteroatoms. The minimum absolute atomic E-state index is 0.0204. The van der Waals surface area contributed by atoms with Gasteiger partial charge in [-0.3, -0.25) is 4.79 Å². The number of nitrogens with two attached hydrogens (primary N) is 1. The van der Waals surface area contributed by atoms with Crippen LogP contribution in [0.5, 0.6) is 0 Å². The van der Waals surface area contributed by atoms with Crippen molar-refractivity contribution < 1.29 is 18.0 Å². The summed E-state index contributed by atoms with van der Waals surface area (Å²) in [5, 5.41) is 2.44. The van der Waals surface area contributed by atoms with E-state index in [0.717, 1.165) is 12.1 Å². The molecule has 1 aromatic rings. The van der Waals surface area contributed by atoms with Gasteiger partial charge in [0.25, 0.3) is 5.91 Å². The van der Waals surface area contributed by atoms with Crippen LogP contribution in [0.2, 0.25) is 0 Å². The molecule has 0 bridgehead atoms. The van der Waals surface area contributed by atoms with E-state index in [2.05, 4.69) is 5.32 Å². The van der Waals surface area contributed by atoms with Crippen molar-refractivity contribution >= 4 is 5.91 Å². The highest BCUT2D eigenvalue weighted by Crippen LogP contribution is 2.31. The van der Waals surface area contributed by atoms with Crippen LogP contribution in [-0.4, -0.2) is 19.0 Å². The first-order valence-electron chi connectivity index (χ1n) is 5.50. The molecule has 0 radical (unpaired) electrons. The number of amides is 1. The number of rotatable bonds is 4. The molecule has 0 saturated carbocycles. The summed E-state index contributed by atoms with van der Waals surface area (Å²) in [6.45, 7) is 2.42. The monoisotopic (exact) mass is 260 g/mol. The van der Waals surface area contributed by atoms with Gasteiger partial charge in [0.2, 0.25) is 0 Å². The average Bonchev–Trinajstić information content (AvgIpc) is 2.34. The molecule has 0 fully saturated rings.